The lowest BCUT2D eigenvalue weighted by molar-refractivity contribution is -0.138. The standard InChI is InChI=1S/C19H23Cl2N3O3S/c1-27-7-6-24-18(26)13-4-3-12(9-16(13)23-19(24)28)17(25)22-10-11-2-5-14(20)15(21)8-11/h2,5,8,12-13,16H,3-4,6-7,9-10H2,1H3,(H,22,25)(H,23,28). The molecule has 2 amide bonds. The van der Waals surface area contributed by atoms with E-state index in [0.29, 0.717) is 54.1 Å². The van der Waals surface area contributed by atoms with Crippen LogP contribution < -0.4 is 10.6 Å². The Morgan fingerprint density at radius 2 is 2.14 bits per heavy atom. The second kappa shape index (κ2) is 9.39. The van der Waals surface area contributed by atoms with Crippen molar-refractivity contribution in [2.75, 3.05) is 20.3 Å². The zero-order chi connectivity index (χ0) is 20.3. The molecule has 2 aliphatic rings. The van der Waals surface area contributed by atoms with Crippen LogP contribution >= 0.6 is 35.4 Å². The summed E-state index contributed by atoms with van der Waals surface area (Å²) in [6.45, 7) is 1.26. The molecule has 6 nitrogen and oxygen atoms in total. The number of nitrogens with zero attached hydrogens (tertiary/aromatic N) is 1. The van der Waals surface area contributed by atoms with Gasteiger partial charge in [-0.3, -0.25) is 14.5 Å². The van der Waals surface area contributed by atoms with E-state index in [0.717, 1.165) is 5.56 Å². The van der Waals surface area contributed by atoms with Crippen molar-refractivity contribution in [3.05, 3.63) is 33.8 Å². The Bertz CT molecular complexity index is 777. The Balaban J connectivity index is 1.55. The van der Waals surface area contributed by atoms with Crippen molar-refractivity contribution in [2.24, 2.45) is 11.8 Å². The maximum absolute atomic E-state index is 12.7. The molecule has 0 aromatic heterocycles. The van der Waals surface area contributed by atoms with Crippen molar-refractivity contribution in [1.82, 2.24) is 15.5 Å². The molecule has 3 rings (SSSR count). The van der Waals surface area contributed by atoms with Crippen molar-refractivity contribution < 1.29 is 14.3 Å². The molecule has 3 atom stereocenters. The van der Waals surface area contributed by atoms with Crippen LogP contribution in [-0.2, 0) is 20.9 Å². The molecule has 0 spiro atoms. The van der Waals surface area contributed by atoms with Gasteiger partial charge in [-0.2, -0.15) is 0 Å². The van der Waals surface area contributed by atoms with E-state index in [2.05, 4.69) is 10.6 Å². The number of hydrogen-bond acceptors (Lipinski definition) is 4. The van der Waals surface area contributed by atoms with Gasteiger partial charge in [0.2, 0.25) is 11.8 Å². The lowest BCUT2D eigenvalue weighted by Crippen LogP contribution is -2.62. The summed E-state index contributed by atoms with van der Waals surface area (Å²) in [7, 11) is 1.59. The normalized spacial score (nSPS) is 24.5. The fourth-order valence-electron chi connectivity index (χ4n) is 3.78. The van der Waals surface area contributed by atoms with Crippen LogP contribution in [0.5, 0.6) is 0 Å². The molecular formula is C19H23Cl2N3O3S. The van der Waals surface area contributed by atoms with Crippen LogP contribution in [0.3, 0.4) is 0 Å². The number of halogens is 2. The van der Waals surface area contributed by atoms with E-state index >= 15 is 0 Å². The maximum Gasteiger partial charge on any atom is 0.233 e. The van der Waals surface area contributed by atoms with Crippen molar-refractivity contribution >= 4 is 52.3 Å². The first-order valence-corrected chi connectivity index (χ1v) is 10.4. The van der Waals surface area contributed by atoms with Gasteiger partial charge in [-0.05, 0) is 49.2 Å². The van der Waals surface area contributed by atoms with Crippen molar-refractivity contribution in [3.63, 3.8) is 0 Å². The number of carbonyl (C=O) groups is 2. The van der Waals surface area contributed by atoms with Crippen molar-refractivity contribution in [3.8, 4) is 0 Å². The molecule has 0 bridgehead atoms. The van der Waals surface area contributed by atoms with Crippen LogP contribution in [0.2, 0.25) is 10.0 Å². The van der Waals surface area contributed by atoms with Gasteiger partial charge >= 0.3 is 0 Å². The van der Waals surface area contributed by atoms with E-state index in [1.165, 1.54) is 0 Å². The lowest BCUT2D eigenvalue weighted by Gasteiger charge is -2.43. The fraction of sp³-hybridized carbons (Fsp3) is 0.526. The number of hydrogen-bond donors (Lipinski definition) is 2. The van der Waals surface area contributed by atoms with Gasteiger partial charge < -0.3 is 15.4 Å². The summed E-state index contributed by atoms with van der Waals surface area (Å²) < 4.78 is 5.05. The first-order valence-electron chi connectivity index (χ1n) is 9.23. The molecule has 2 fully saturated rings. The zero-order valence-electron chi connectivity index (χ0n) is 15.5. The maximum atomic E-state index is 12.7. The van der Waals surface area contributed by atoms with Crippen molar-refractivity contribution in [2.45, 2.75) is 31.8 Å². The zero-order valence-corrected chi connectivity index (χ0v) is 17.9. The van der Waals surface area contributed by atoms with Crippen LogP contribution in [0.15, 0.2) is 18.2 Å². The third-order valence-corrected chi connectivity index (χ3v) is 6.41. The molecule has 0 radical (unpaired) electrons. The molecule has 1 heterocycles. The highest BCUT2D eigenvalue weighted by Gasteiger charge is 2.43. The number of carbonyl (C=O) groups excluding carboxylic acids is 2. The molecule has 28 heavy (non-hydrogen) atoms. The van der Waals surface area contributed by atoms with E-state index in [-0.39, 0.29) is 29.7 Å². The van der Waals surface area contributed by atoms with Crippen LogP contribution in [-0.4, -0.2) is 48.1 Å². The van der Waals surface area contributed by atoms with E-state index in [1.807, 2.05) is 6.07 Å². The molecule has 152 valence electrons. The number of amides is 2. The second-order valence-electron chi connectivity index (χ2n) is 7.12. The number of benzene rings is 1. The fourth-order valence-corrected chi connectivity index (χ4v) is 4.43. The smallest absolute Gasteiger partial charge is 0.233 e. The third kappa shape index (κ3) is 4.76. The number of ether oxygens (including phenoxy) is 1. The van der Waals surface area contributed by atoms with Gasteiger partial charge in [0.15, 0.2) is 5.11 Å². The van der Waals surface area contributed by atoms with E-state index < -0.39 is 0 Å². The number of nitrogens with one attached hydrogen (secondary N) is 2. The molecule has 1 aliphatic heterocycles. The Morgan fingerprint density at radius 1 is 1.36 bits per heavy atom. The molecule has 1 aliphatic carbocycles. The SMILES string of the molecule is COCCN1C(=O)C2CCC(C(=O)NCc3ccc(Cl)c(Cl)c3)CC2NC1=S. The minimum atomic E-state index is -0.155. The van der Waals surface area contributed by atoms with Gasteiger partial charge in [-0.25, -0.2) is 0 Å². The van der Waals surface area contributed by atoms with Crippen LogP contribution in [0.25, 0.3) is 0 Å². The predicted molar refractivity (Wildman–Crippen MR) is 112 cm³/mol. The average molecular weight is 444 g/mol. The van der Waals surface area contributed by atoms with Crippen LogP contribution in [0, 0.1) is 11.8 Å². The average Bonchev–Trinajstić information content (AvgIpc) is 2.68. The molecule has 9 heteroatoms. The first kappa shape index (κ1) is 21.3. The molecule has 1 aromatic rings. The summed E-state index contributed by atoms with van der Waals surface area (Å²) in [5.41, 5.74) is 0.886. The lowest BCUT2D eigenvalue weighted by atomic mass is 9.76. The first-order chi connectivity index (χ1) is 13.4. The molecule has 1 saturated carbocycles. The van der Waals surface area contributed by atoms with Crippen LogP contribution in [0.1, 0.15) is 24.8 Å². The monoisotopic (exact) mass is 443 g/mol. The highest BCUT2D eigenvalue weighted by atomic mass is 35.5. The summed E-state index contributed by atoms with van der Waals surface area (Å²) in [5, 5.41) is 7.57. The summed E-state index contributed by atoms with van der Waals surface area (Å²) in [5.74, 6) is -0.299. The summed E-state index contributed by atoms with van der Waals surface area (Å²) in [6, 6.07) is 5.19. The van der Waals surface area contributed by atoms with Crippen molar-refractivity contribution in [1.29, 1.82) is 0 Å². The Morgan fingerprint density at radius 3 is 2.86 bits per heavy atom. The Hall–Kier alpha value is -1.41. The minimum absolute atomic E-state index is 0.0218. The highest BCUT2D eigenvalue weighted by Crippen LogP contribution is 2.33. The Labute approximate surface area is 179 Å². The largest absolute Gasteiger partial charge is 0.383 e. The van der Waals surface area contributed by atoms with Gasteiger partial charge in [0.05, 0.1) is 29.1 Å². The topological polar surface area (TPSA) is 70.7 Å². The van der Waals surface area contributed by atoms with E-state index in [9.17, 15) is 9.59 Å². The number of rotatable bonds is 6. The number of methoxy groups -OCH3 is 1. The third-order valence-electron chi connectivity index (χ3n) is 5.33. The van der Waals surface area contributed by atoms with E-state index in [4.69, 9.17) is 40.2 Å². The van der Waals surface area contributed by atoms with Gasteiger partial charge in [0, 0.05) is 25.6 Å². The summed E-state index contributed by atoms with van der Waals surface area (Å²) in [6.07, 6.45) is 1.92. The van der Waals surface area contributed by atoms with Crippen LogP contribution in [0.4, 0.5) is 0 Å². The molecule has 1 saturated heterocycles. The van der Waals surface area contributed by atoms with Gasteiger partial charge in [-0.1, -0.05) is 29.3 Å². The molecular weight excluding hydrogens is 421 g/mol. The molecule has 3 unspecified atom stereocenters. The quantitative estimate of drug-likeness (QED) is 0.661. The minimum Gasteiger partial charge on any atom is -0.383 e. The molecule has 2 N–H and O–H groups in total. The number of thiocarbonyl (C=S) groups is 1. The molecule has 1 aromatic carbocycles. The van der Waals surface area contributed by atoms with E-state index in [1.54, 1.807) is 24.1 Å². The summed E-state index contributed by atoms with van der Waals surface area (Å²) in [4.78, 5) is 26.9. The van der Waals surface area contributed by atoms with Gasteiger partial charge in [0.1, 0.15) is 0 Å². The Kier molecular flexibility index (Phi) is 7.15. The number of fused-ring (bicyclic) bond motifs is 1. The second-order valence-corrected chi connectivity index (χ2v) is 8.32. The van der Waals surface area contributed by atoms with Gasteiger partial charge in [0.25, 0.3) is 0 Å². The predicted octanol–water partition coefficient (Wildman–Crippen LogP) is 2.76. The highest BCUT2D eigenvalue weighted by molar-refractivity contribution is 7.80. The summed E-state index contributed by atoms with van der Waals surface area (Å²) >= 11 is 17.3. The van der Waals surface area contributed by atoms with Gasteiger partial charge in [-0.15, -0.1) is 0 Å².